The molecule has 98 valence electrons. The second-order valence-electron chi connectivity index (χ2n) is 4.76. The molecule has 1 unspecified atom stereocenters. The molecule has 1 fully saturated rings. The quantitative estimate of drug-likeness (QED) is 0.643. The molecule has 0 radical (unpaired) electrons. The van der Waals surface area contributed by atoms with Crippen LogP contribution in [-0.4, -0.2) is 60.9 Å². The largest absolute Gasteiger partial charge is 0.370 e. The van der Waals surface area contributed by atoms with Crippen LogP contribution in [0.25, 0.3) is 0 Å². The Kier molecular flexibility index (Phi) is 4.89. The van der Waals surface area contributed by atoms with E-state index in [0.29, 0.717) is 0 Å². The van der Waals surface area contributed by atoms with Gasteiger partial charge >= 0.3 is 0 Å². The molecule has 4 N–H and O–H groups in total. The Labute approximate surface area is 102 Å². The van der Waals surface area contributed by atoms with Crippen LogP contribution in [0.4, 0.5) is 0 Å². The number of hydrogen-bond donors (Lipinski definition) is 2. The monoisotopic (exact) mass is 242 g/mol. The highest BCUT2D eigenvalue weighted by atomic mass is 16.2. The van der Waals surface area contributed by atoms with E-state index in [-0.39, 0.29) is 18.4 Å². The third-order valence-electron chi connectivity index (χ3n) is 3.32. The summed E-state index contributed by atoms with van der Waals surface area (Å²) < 4.78 is 0. The lowest BCUT2D eigenvalue weighted by Crippen LogP contribution is -2.50. The van der Waals surface area contributed by atoms with Crippen LogP contribution in [0.1, 0.15) is 19.3 Å². The van der Waals surface area contributed by atoms with Crippen LogP contribution in [0.2, 0.25) is 0 Å². The lowest BCUT2D eigenvalue weighted by Gasteiger charge is -2.36. The average molecular weight is 242 g/mol. The van der Waals surface area contributed by atoms with E-state index in [4.69, 9.17) is 11.5 Å². The van der Waals surface area contributed by atoms with Gasteiger partial charge in [-0.05, 0) is 33.0 Å². The highest BCUT2D eigenvalue weighted by Gasteiger charge is 2.27. The first kappa shape index (κ1) is 13.9. The third-order valence-corrected chi connectivity index (χ3v) is 3.32. The summed E-state index contributed by atoms with van der Waals surface area (Å²) in [7, 11) is 3.82. The summed E-state index contributed by atoms with van der Waals surface area (Å²) in [5, 5.41) is 0. The van der Waals surface area contributed by atoms with Gasteiger partial charge in [0.1, 0.15) is 0 Å². The maximum Gasteiger partial charge on any atom is 0.240 e. The maximum atomic E-state index is 11.9. The SMILES string of the molecule is CN1CCC(N(C)C(=O)C(N)CC(N)=O)CC1. The van der Waals surface area contributed by atoms with Gasteiger partial charge in [-0.15, -0.1) is 0 Å². The lowest BCUT2D eigenvalue weighted by atomic mass is 10.0. The molecule has 0 bridgehead atoms. The molecule has 1 atom stereocenters. The minimum Gasteiger partial charge on any atom is -0.370 e. The van der Waals surface area contributed by atoms with Crippen molar-refractivity contribution >= 4 is 11.8 Å². The molecule has 1 aliphatic rings. The van der Waals surface area contributed by atoms with Gasteiger partial charge in [-0.3, -0.25) is 9.59 Å². The molecule has 1 rings (SSSR count). The first-order chi connectivity index (χ1) is 7.91. The van der Waals surface area contributed by atoms with E-state index in [2.05, 4.69) is 11.9 Å². The molecule has 0 aromatic rings. The second-order valence-corrected chi connectivity index (χ2v) is 4.76. The molecule has 17 heavy (non-hydrogen) atoms. The van der Waals surface area contributed by atoms with Crippen LogP contribution in [0.15, 0.2) is 0 Å². The Hall–Kier alpha value is -1.14. The molecule has 1 heterocycles. The molecular weight excluding hydrogens is 220 g/mol. The van der Waals surface area contributed by atoms with Crippen molar-refractivity contribution < 1.29 is 9.59 Å². The fraction of sp³-hybridized carbons (Fsp3) is 0.818. The highest BCUT2D eigenvalue weighted by molar-refractivity contribution is 5.87. The smallest absolute Gasteiger partial charge is 0.240 e. The van der Waals surface area contributed by atoms with Crippen molar-refractivity contribution in [3.8, 4) is 0 Å². The van der Waals surface area contributed by atoms with Crippen LogP contribution in [0, 0.1) is 0 Å². The minimum absolute atomic E-state index is 0.0875. The molecule has 0 aromatic heterocycles. The number of likely N-dealkylation sites (tertiary alicyclic amines) is 1. The first-order valence-corrected chi connectivity index (χ1v) is 5.91. The van der Waals surface area contributed by atoms with Crippen molar-refractivity contribution in [2.24, 2.45) is 11.5 Å². The molecule has 0 aliphatic carbocycles. The summed E-state index contributed by atoms with van der Waals surface area (Å²) in [6.07, 6.45) is 1.81. The number of carbonyl (C=O) groups is 2. The van der Waals surface area contributed by atoms with Crippen molar-refractivity contribution in [2.75, 3.05) is 27.2 Å². The number of amides is 2. The molecule has 0 saturated carbocycles. The summed E-state index contributed by atoms with van der Waals surface area (Å²) >= 11 is 0. The summed E-state index contributed by atoms with van der Waals surface area (Å²) in [5.74, 6) is -0.735. The zero-order valence-corrected chi connectivity index (χ0v) is 10.6. The van der Waals surface area contributed by atoms with Crippen molar-refractivity contribution in [3.63, 3.8) is 0 Å². The molecule has 1 aliphatic heterocycles. The Morgan fingerprint density at radius 1 is 1.41 bits per heavy atom. The Bertz CT molecular complexity index is 287. The van der Waals surface area contributed by atoms with E-state index in [9.17, 15) is 9.59 Å². The van der Waals surface area contributed by atoms with Crippen molar-refractivity contribution in [3.05, 3.63) is 0 Å². The summed E-state index contributed by atoms with van der Waals surface area (Å²) in [5.41, 5.74) is 10.7. The Morgan fingerprint density at radius 3 is 2.41 bits per heavy atom. The van der Waals surface area contributed by atoms with Gasteiger partial charge in [0.15, 0.2) is 0 Å². The number of nitrogens with zero attached hydrogens (tertiary/aromatic N) is 2. The molecular formula is C11H22N4O2. The highest BCUT2D eigenvalue weighted by Crippen LogP contribution is 2.15. The van der Waals surface area contributed by atoms with Gasteiger partial charge in [0, 0.05) is 13.1 Å². The van der Waals surface area contributed by atoms with Crippen LogP contribution in [0.3, 0.4) is 0 Å². The topological polar surface area (TPSA) is 92.7 Å². The van der Waals surface area contributed by atoms with Gasteiger partial charge in [-0.25, -0.2) is 0 Å². The van der Waals surface area contributed by atoms with Gasteiger partial charge in [0.25, 0.3) is 0 Å². The fourth-order valence-corrected chi connectivity index (χ4v) is 2.13. The van der Waals surface area contributed by atoms with Crippen molar-refractivity contribution in [1.29, 1.82) is 0 Å². The third kappa shape index (κ3) is 3.98. The first-order valence-electron chi connectivity index (χ1n) is 5.91. The number of likely N-dealkylation sites (N-methyl/N-ethyl adjacent to an activating group) is 1. The number of piperidine rings is 1. The van der Waals surface area contributed by atoms with Gasteiger partial charge in [0.2, 0.25) is 11.8 Å². The van der Waals surface area contributed by atoms with Gasteiger partial charge < -0.3 is 21.3 Å². The van der Waals surface area contributed by atoms with Crippen LogP contribution in [0.5, 0.6) is 0 Å². The molecule has 0 aromatic carbocycles. The normalized spacial score (nSPS) is 19.9. The second kappa shape index (κ2) is 5.97. The zero-order valence-electron chi connectivity index (χ0n) is 10.6. The van der Waals surface area contributed by atoms with Gasteiger partial charge in [-0.1, -0.05) is 0 Å². The number of nitrogens with two attached hydrogens (primary N) is 2. The van der Waals surface area contributed by atoms with Gasteiger partial charge in [-0.2, -0.15) is 0 Å². The Morgan fingerprint density at radius 2 is 1.94 bits per heavy atom. The van der Waals surface area contributed by atoms with Gasteiger partial charge in [0.05, 0.1) is 12.5 Å². The number of primary amides is 1. The standard InChI is InChI=1S/C11H22N4O2/c1-14-5-3-8(4-6-14)15(2)11(17)9(12)7-10(13)16/h8-9H,3-7,12H2,1-2H3,(H2,13,16). The number of rotatable bonds is 4. The van der Waals surface area contributed by atoms with E-state index in [1.807, 2.05) is 0 Å². The van der Waals surface area contributed by atoms with E-state index in [1.54, 1.807) is 11.9 Å². The number of hydrogen-bond acceptors (Lipinski definition) is 4. The zero-order chi connectivity index (χ0) is 13.0. The maximum absolute atomic E-state index is 11.9. The van der Waals surface area contributed by atoms with Crippen LogP contribution in [-0.2, 0) is 9.59 Å². The Balaban J connectivity index is 2.48. The summed E-state index contributed by atoms with van der Waals surface area (Å²) in [6, 6.07) is -0.588. The van der Waals surface area contributed by atoms with Crippen LogP contribution < -0.4 is 11.5 Å². The minimum atomic E-state index is -0.808. The number of carbonyl (C=O) groups excluding carboxylic acids is 2. The fourth-order valence-electron chi connectivity index (χ4n) is 2.13. The average Bonchev–Trinajstić information content (AvgIpc) is 2.27. The molecule has 1 saturated heterocycles. The lowest BCUT2D eigenvalue weighted by molar-refractivity contribution is -0.136. The molecule has 2 amide bonds. The predicted octanol–water partition coefficient (Wildman–Crippen LogP) is -1.26. The van der Waals surface area contributed by atoms with Crippen molar-refractivity contribution in [1.82, 2.24) is 9.80 Å². The van der Waals surface area contributed by atoms with Crippen LogP contribution >= 0.6 is 0 Å². The van der Waals surface area contributed by atoms with Crippen molar-refractivity contribution in [2.45, 2.75) is 31.3 Å². The molecule has 6 heteroatoms. The van der Waals surface area contributed by atoms with E-state index in [0.717, 1.165) is 25.9 Å². The van der Waals surface area contributed by atoms with E-state index in [1.165, 1.54) is 0 Å². The van der Waals surface area contributed by atoms with E-state index < -0.39 is 11.9 Å². The summed E-state index contributed by atoms with van der Waals surface area (Å²) in [4.78, 5) is 26.6. The van der Waals surface area contributed by atoms with E-state index >= 15 is 0 Å². The molecule has 0 spiro atoms. The molecule has 6 nitrogen and oxygen atoms in total. The summed E-state index contributed by atoms with van der Waals surface area (Å²) in [6.45, 7) is 1.96. The predicted molar refractivity (Wildman–Crippen MR) is 65.1 cm³/mol.